The summed E-state index contributed by atoms with van der Waals surface area (Å²) in [6, 6.07) is 0. The monoisotopic (exact) mass is 328 g/mol. The maximum absolute atomic E-state index is 12.2. The van der Waals surface area contributed by atoms with E-state index in [4.69, 9.17) is 10.5 Å². The van der Waals surface area contributed by atoms with Gasteiger partial charge in [0.1, 0.15) is 10.7 Å². The molecule has 6 nitrogen and oxygen atoms in total. The van der Waals surface area contributed by atoms with Crippen LogP contribution in [0.4, 0.5) is 10.9 Å². The summed E-state index contributed by atoms with van der Waals surface area (Å²) in [4.78, 5) is 19.2. The molecule has 0 aromatic carbocycles. The minimum absolute atomic E-state index is 0.1000. The third-order valence-corrected chi connectivity index (χ3v) is 6.17. The Bertz CT molecular complexity index is 496. The van der Waals surface area contributed by atoms with E-state index in [-0.39, 0.29) is 5.91 Å². The van der Waals surface area contributed by atoms with E-state index in [1.807, 2.05) is 11.8 Å². The van der Waals surface area contributed by atoms with Gasteiger partial charge in [0.15, 0.2) is 5.13 Å². The van der Waals surface area contributed by atoms with E-state index in [2.05, 4.69) is 15.2 Å². The zero-order valence-corrected chi connectivity index (χ0v) is 13.5. The lowest BCUT2D eigenvalue weighted by atomic mass is 10.2. The van der Waals surface area contributed by atoms with Crippen molar-refractivity contribution in [3.63, 3.8) is 0 Å². The first-order valence-corrected chi connectivity index (χ1v) is 9.09. The van der Waals surface area contributed by atoms with Gasteiger partial charge in [0, 0.05) is 24.9 Å². The summed E-state index contributed by atoms with van der Waals surface area (Å²) in [6.07, 6.45) is 2.43. The van der Waals surface area contributed by atoms with E-state index in [0.29, 0.717) is 35.7 Å². The first-order valence-electron chi connectivity index (χ1n) is 7.23. The van der Waals surface area contributed by atoms with Gasteiger partial charge < -0.3 is 20.7 Å². The average molecular weight is 328 g/mol. The maximum atomic E-state index is 12.2. The Kier molecular flexibility index (Phi) is 4.87. The van der Waals surface area contributed by atoms with E-state index in [1.54, 1.807) is 0 Å². The molecule has 0 spiro atoms. The van der Waals surface area contributed by atoms with Crippen molar-refractivity contribution in [2.45, 2.75) is 18.1 Å². The van der Waals surface area contributed by atoms with Gasteiger partial charge in [0.2, 0.25) is 0 Å². The van der Waals surface area contributed by atoms with E-state index in [1.165, 1.54) is 29.9 Å². The minimum Gasteiger partial charge on any atom is -0.382 e. The Morgan fingerprint density at radius 3 is 3.00 bits per heavy atom. The molecule has 0 saturated carbocycles. The predicted octanol–water partition coefficient (Wildman–Crippen LogP) is 1.19. The lowest BCUT2D eigenvalue weighted by Crippen LogP contribution is -2.36. The summed E-state index contributed by atoms with van der Waals surface area (Å²) in [6.45, 7) is 3.70. The summed E-state index contributed by atoms with van der Waals surface area (Å²) in [5.41, 5.74) is 5.91. The van der Waals surface area contributed by atoms with Crippen LogP contribution in [0.5, 0.6) is 0 Å². The van der Waals surface area contributed by atoms with Crippen molar-refractivity contribution in [2.75, 3.05) is 49.2 Å². The van der Waals surface area contributed by atoms with E-state index < -0.39 is 0 Å². The number of nitrogen functional groups attached to an aromatic ring is 1. The number of nitrogens with one attached hydrogen (secondary N) is 1. The Hall–Kier alpha value is -0.990. The van der Waals surface area contributed by atoms with Crippen LogP contribution < -0.4 is 16.0 Å². The van der Waals surface area contributed by atoms with Crippen molar-refractivity contribution in [1.29, 1.82) is 0 Å². The quantitative estimate of drug-likeness (QED) is 0.864. The maximum Gasteiger partial charge on any atom is 0.265 e. The van der Waals surface area contributed by atoms with Crippen molar-refractivity contribution >= 4 is 40.0 Å². The lowest BCUT2D eigenvalue weighted by Gasteiger charge is -2.25. The number of aromatic nitrogens is 1. The molecule has 1 amide bonds. The Labute approximate surface area is 132 Å². The number of anilines is 2. The van der Waals surface area contributed by atoms with Gasteiger partial charge in [0.25, 0.3) is 5.91 Å². The fourth-order valence-electron chi connectivity index (χ4n) is 2.46. The van der Waals surface area contributed by atoms with Crippen molar-refractivity contribution in [1.82, 2.24) is 10.3 Å². The number of morpholine rings is 1. The van der Waals surface area contributed by atoms with Crippen molar-refractivity contribution in [3.05, 3.63) is 4.88 Å². The van der Waals surface area contributed by atoms with Crippen LogP contribution in [0, 0.1) is 0 Å². The Morgan fingerprint density at radius 1 is 1.48 bits per heavy atom. The number of thiazole rings is 1. The highest BCUT2D eigenvalue weighted by Gasteiger charge is 2.22. The number of hydrogen-bond acceptors (Lipinski definition) is 7. The van der Waals surface area contributed by atoms with Crippen LogP contribution in [0.3, 0.4) is 0 Å². The molecule has 3 heterocycles. The molecule has 0 aliphatic carbocycles. The molecule has 3 N–H and O–H groups in total. The molecular formula is C13H20N4O2S2. The summed E-state index contributed by atoms with van der Waals surface area (Å²) in [5, 5.41) is 4.34. The molecule has 1 unspecified atom stereocenters. The lowest BCUT2D eigenvalue weighted by molar-refractivity contribution is 0.0958. The topological polar surface area (TPSA) is 80.5 Å². The van der Waals surface area contributed by atoms with Crippen LogP contribution in [0.15, 0.2) is 0 Å². The SMILES string of the molecule is Nc1nc(N2CCOCC2)sc1C(=O)NCC1CCCS1. The number of amides is 1. The standard InChI is InChI=1S/C13H20N4O2S2/c14-11-10(12(18)15-8-9-2-1-7-20-9)21-13(16-11)17-3-5-19-6-4-17/h9H,1-8,14H2,(H,15,18). The molecular weight excluding hydrogens is 308 g/mol. The molecule has 0 radical (unpaired) electrons. The van der Waals surface area contributed by atoms with E-state index in [0.717, 1.165) is 18.2 Å². The molecule has 2 aliphatic heterocycles. The van der Waals surface area contributed by atoms with E-state index in [9.17, 15) is 4.79 Å². The highest BCUT2D eigenvalue weighted by atomic mass is 32.2. The second-order valence-electron chi connectivity index (χ2n) is 5.16. The van der Waals surface area contributed by atoms with Crippen LogP contribution in [0.25, 0.3) is 0 Å². The van der Waals surface area contributed by atoms with Gasteiger partial charge in [-0.2, -0.15) is 11.8 Å². The third-order valence-electron chi connectivity index (χ3n) is 3.64. The van der Waals surface area contributed by atoms with Gasteiger partial charge in [-0.05, 0) is 18.6 Å². The molecule has 116 valence electrons. The molecule has 0 bridgehead atoms. The molecule has 1 aromatic heterocycles. The number of carbonyl (C=O) groups is 1. The highest BCUT2D eigenvalue weighted by Crippen LogP contribution is 2.29. The highest BCUT2D eigenvalue weighted by molar-refractivity contribution is 8.00. The van der Waals surface area contributed by atoms with Gasteiger partial charge >= 0.3 is 0 Å². The largest absolute Gasteiger partial charge is 0.382 e. The van der Waals surface area contributed by atoms with Crippen molar-refractivity contribution in [3.8, 4) is 0 Å². The molecule has 2 fully saturated rings. The number of nitrogens with two attached hydrogens (primary N) is 1. The zero-order chi connectivity index (χ0) is 14.7. The van der Waals surface area contributed by atoms with Gasteiger partial charge in [-0.1, -0.05) is 11.3 Å². The second-order valence-corrected chi connectivity index (χ2v) is 7.54. The van der Waals surface area contributed by atoms with Gasteiger partial charge in [-0.25, -0.2) is 4.98 Å². The van der Waals surface area contributed by atoms with Gasteiger partial charge in [0.05, 0.1) is 13.2 Å². The Morgan fingerprint density at radius 2 is 2.29 bits per heavy atom. The molecule has 1 aromatic rings. The number of thioether (sulfide) groups is 1. The smallest absolute Gasteiger partial charge is 0.265 e. The number of nitrogens with zero attached hydrogens (tertiary/aromatic N) is 2. The normalized spacial score (nSPS) is 22.5. The van der Waals surface area contributed by atoms with Crippen LogP contribution in [0.2, 0.25) is 0 Å². The van der Waals surface area contributed by atoms with Gasteiger partial charge in [-0.3, -0.25) is 4.79 Å². The fourth-order valence-corrected chi connectivity index (χ4v) is 4.62. The minimum atomic E-state index is -0.1000. The van der Waals surface area contributed by atoms with Crippen molar-refractivity contribution in [2.24, 2.45) is 0 Å². The van der Waals surface area contributed by atoms with Crippen LogP contribution in [0.1, 0.15) is 22.5 Å². The van der Waals surface area contributed by atoms with Gasteiger partial charge in [-0.15, -0.1) is 0 Å². The van der Waals surface area contributed by atoms with Crippen LogP contribution in [-0.4, -0.2) is 54.7 Å². The van der Waals surface area contributed by atoms with Crippen molar-refractivity contribution < 1.29 is 9.53 Å². The average Bonchev–Trinajstić information content (AvgIpc) is 3.15. The second kappa shape index (κ2) is 6.85. The number of hydrogen-bond donors (Lipinski definition) is 2. The fraction of sp³-hybridized carbons (Fsp3) is 0.692. The molecule has 1 atom stereocenters. The number of rotatable bonds is 4. The summed E-state index contributed by atoms with van der Waals surface area (Å²) >= 11 is 3.30. The summed E-state index contributed by atoms with van der Waals surface area (Å²) in [5.74, 6) is 1.43. The molecule has 2 saturated heterocycles. The first kappa shape index (κ1) is 14.9. The summed E-state index contributed by atoms with van der Waals surface area (Å²) < 4.78 is 5.32. The predicted molar refractivity (Wildman–Crippen MR) is 87.4 cm³/mol. The van der Waals surface area contributed by atoms with Crippen LogP contribution in [-0.2, 0) is 4.74 Å². The molecule has 8 heteroatoms. The van der Waals surface area contributed by atoms with E-state index >= 15 is 0 Å². The molecule has 2 aliphatic rings. The molecule has 3 rings (SSSR count). The third kappa shape index (κ3) is 3.61. The Balaban J connectivity index is 1.61. The first-order chi connectivity index (χ1) is 10.2. The number of ether oxygens (including phenoxy) is 1. The zero-order valence-electron chi connectivity index (χ0n) is 11.8. The molecule has 21 heavy (non-hydrogen) atoms. The number of carbonyl (C=O) groups excluding carboxylic acids is 1. The van der Waals surface area contributed by atoms with Crippen LogP contribution >= 0.6 is 23.1 Å². The summed E-state index contributed by atoms with van der Waals surface area (Å²) in [7, 11) is 0.